The summed E-state index contributed by atoms with van der Waals surface area (Å²) in [5.41, 5.74) is 4.03. The number of hydrogen-bond acceptors (Lipinski definition) is 3. The second-order valence-corrected chi connectivity index (χ2v) is 7.90. The zero-order valence-corrected chi connectivity index (χ0v) is 15.4. The number of carbonyl (C=O) groups excluding carboxylic acids is 1. The topological polar surface area (TPSA) is 50.3 Å². The van der Waals surface area contributed by atoms with Crippen molar-refractivity contribution in [1.82, 2.24) is 5.43 Å². The van der Waals surface area contributed by atoms with Gasteiger partial charge in [0, 0.05) is 15.3 Å². The molecule has 3 N–H and O–H groups in total. The number of thiophene rings is 1. The van der Waals surface area contributed by atoms with Gasteiger partial charge in [-0.1, -0.05) is 30.3 Å². The number of aryl methyl sites for hydroxylation is 1. The summed E-state index contributed by atoms with van der Waals surface area (Å²) >= 11 is 1.67. The average molecular weight is 359 g/mol. The van der Waals surface area contributed by atoms with Gasteiger partial charge in [0.05, 0.1) is 6.21 Å². The Hall–Kier alpha value is -2.02. The van der Waals surface area contributed by atoms with Crippen LogP contribution in [0.3, 0.4) is 0 Å². The van der Waals surface area contributed by atoms with Gasteiger partial charge in [-0.3, -0.25) is 4.79 Å². The molecule has 3 rings (SSSR count). The molecule has 1 aromatic carbocycles. The average Bonchev–Trinajstić information content (AvgIpc) is 3.03. The van der Waals surface area contributed by atoms with Crippen LogP contribution in [0.1, 0.15) is 15.3 Å². The van der Waals surface area contributed by atoms with E-state index >= 15 is 0 Å². The maximum Gasteiger partial charge on any atom is 0.295 e. The molecule has 5 nitrogen and oxygen atoms in total. The third-order valence-electron chi connectivity index (χ3n) is 4.51. The molecule has 0 aliphatic carbocycles. The van der Waals surface area contributed by atoms with Gasteiger partial charge >= 0.3 is 0 Å². The normalized spacial score (nSPS) is 20.7. The Morgan fingerprint density at radius 2 is 1.84 bits per heavy atom. The Morgan fingerprint density at radius 1 is 1.12 bits per heavy atom. The molecule has 25 heavy (non-hydrogen) atoms. The standard InChI is InChI=1S/C19H24N4OS/c1-16-7-8-18(25-16)13-20-21-19(24)15-23-11-9-22(10-12-23)14-17-5-3-2-4-6-17/h2-8,13H,9-12,14-15H2,1H3,(H,21,24)/p+2. The van der Waals surface area contributed by atoms with E-state index in [1.807, 2.05) is 6.07 Å². The smallest absolute Gasteiger partial charge is 0.295 e. The summed E-state index contributed by atoms with van der Waals surface area (Å²) < 4.78 is 0. The molecule has 1 saturated heterocycles. The van der Waals surface area contributed by atoms with Gasteiger partial charge in [0.15, 0.2) is 6.54 Å². The van der Waals surface area contributed by atoms with Crippen molar-refractivity contribution in [1.29, 1.82) is 0 Å². The lowest BCUT2D eigenvalue weighted by Crippen LogP contribution is -3.28. The Kier molecular flexibility index (Phi) is 6.33. The molecular weight excluding hydrogens is 332 g/mol. The van der Waals surface area contributed by atoms with Crippen LogP contribution in [-0.2, 0) is 11.3 Å². The van der Waals surface area contributed by atoms with Gasteiger partial charge in [0.2, 0.25) is 0 Å². The summed E-state index contributed by atoms with van der Waals surface area (Å²) in [5.74, 6) is -0.00830. The third kappa shape index (κ3) is 5.77. The molecule has 1 fully saturated rings. The summed E-state index contributed by atoms with van der Waals surface area (Å²) in [6, 6.07) is 14.7. The van der Waals surface area contributed by atoms with Crippen LogP contribution in [0.4, 0.5) is 0 Å². The van der Waals surface area contributed by atoms with Crippen LogP contribution < -0.4 is 15.2 Å². The lowest BCUT2D eigenvalue weighted by atomic mass is 10.2. The molecule has 0 saturated carbocycles. The van der Waals surface area contributed by atoms with Crippen LogP contribution in [0.5, 0.6) is 0 Å². The summed E-state index contributed by atoms with van der Waals surface area (Å²) in [4.78, 5) is 17.3. The second kappa shape index (κ2) is 8.89. The maximum absolute atomic E-state index is 12.0. The van der Waals surface area contributed by atoms with Gasteiger partial charge in [-0.2, -0.15) is 5.10 Å². The zero-order chi connectivity index (χ0) is 17.5. The van der Waals surface area contributed by atoms with Crippen LogP contribution in [-0.4, -0.2) is 44.8 Å². The van der Waals surface area contributed by atoms with Gasteiger partial charge in [0.1, 0.15) is 32.7 Å². The number of quaternary nitrogens is 2. The van der Waals surface area contributed by atoms with Crippen LogP contribution in [0.25, 0.3) is 0 Å². The van der Waals surface area contributed by atoms with Crippen LogP contribution in [0, 0.1) is 6.92 Å². The van der Waals surface area contributed by atoms with Crippen molar-refractivity contribution >= 4 is 23.5 Å². The second-order valence-electron chi connectivity index (χ2n) is 6.58. The van der Waals surface area contributed by atoms with Gasteiger partial charge in [-0.15, -0.1) is 11.3 Å². The number of amides is 1. The molecule has 1 aliphatic heterocycles. The van der Waals surface area contributed by atoms with Crippen molar-refractivity contribution in [2.45, 2.75) is 13.5 Å². The van der Waals surface area contributed by atoms with Gasteiger partial charge in [0.25, 0.3) is 5.91 Å². The van der Waals surface area contributed by atoms with E-state index in [1.54, 1.807) is 22.5 Å². The van der Waals surface area contributed by atoms with Crippen molar-refractivity contribution < 1.29 is 14.6 Å². The summed E-state index contributed by atoms with van der Waals surface area (Å²) in [6.45, 7) is 7.91. The number of nitrogens with zero attached hydrogens (tertiary/aromatic N) is 1. The molecule has 1 aliphatic rings. The molecule has 0 radical (unpaired) electrons. The summed E-state index contributed by atoms with van der Waals surface area (Å²) in [6.07, 6.45) is 1.72. The van der Waals surface area contributed by atoms with E-state index in [-0.39, 0.29) is 5.91 Å². The molecule has 0 atom stereocenters. The van der Waals surface area contributed by atoms with Crippen molar-refractivity contribution in [3.05, 3.63) is 57.8 Å². The zero-order valence-electron chi connectivity index (χ0n) is 14.6. The summed E-state index contributed by atoms with van der Waals surface area (Å²) in [7, 11) is 0. The van der Waals surface area contributed by atoms with Gasteiger partial charge < -0.3 is 9.80 Å². The predicted octanol–water partition coefficient (Wildman–Crippen LogP) is -0.510. The van der Waals surface area contributed by atoms with Crippen LogP contribution in [0.2, 0.25) is 0 Å². The van der Waals surface area contributed by atoms with E-state index in [4.69, 9.17) is 0 Å². The highest BCUT2D eigenvalue weighted by Gasteiger charge is 2.24. The number of nitrogens with one attached hydrogen (secondary N) is 3. The fourth-order valence-electron chi connectivity index (χ4n) is 3.15. The summed E-state index contributed by atoms with van der Waals surface area (Å²) in [5, 5.41) is 4.06. The maximum atomic E-state index is 12.0. The Labute approximate surface area is 153 Å². The lowest BCUT2D eigenvalue weighted by Gasteiger charge is -2.29. The molecule has 0 bridgehead atoms. The molecule has 2 aromatic rings. The number of carbonyl (C=O) groups is 1. The molecule has 1 aromatic heterocycles. The number of benzene rings is 1. The minimum absolute atomic E-state index is 0.00830. The highest BCUT2D eigenvalue weighted by Crippen LogP contribution is 2.12. The van der Waals surface area contributed by atoms with Crippen molar-refractivity contribution in [2.24, 2.45) is 5.10 Å². The molecule has 0 spiro atoms. The number of rotatable bonds is 6. The van der Waals surface area contributed by atoms with E-state index in [2.05, 4.69) is 53.8 Å². The lowest BCUT2D eigenvalue weighted by molar-refractivity contribution is -1.02. The molecule has 132 valence electrons. The number of piperazine rings is 1. The number of hydrogen-bond donors (Lipinski definition) is 3. The van der Waals surface area contributed by atoms with E-state index in [0.717, 1.165) is 37.6 Å². The Bertz CT molecular complexity index is 705. The molecule has 1 amide bonds. The van der Waals surface area contributed by atoms with Crippen molar-refractivity contribution in [3.63, 3.8) is 0 Å². The van der Waals surface area contributed by atoms with Crippen LogP contribution >= 0.6 is 11.3 Å². The minimum atomic E-state index is -0.00830. The first-order valence-electron chi connectivity index (χ1n) is 8.78. The largest absolute Gasteiger partial charge is 0.322 e. The first kappa shape index (κ1) is 17.8. The SMILES string of the molecule is Cc1ccc(C=NNC(=O)C[NH+]2CC[NH+](Cc3ccccc3)CC2)s1. The molecule has 2 heterocycles. The Morgan fingerprint density at radius 3 is 2.52 bits per heavy atom. The van der Waals surface area contributed by atoms with Crippen molar-refractivity contribution in [2.75, 3.05) is 32.7 Å². The fraction of sp³-hybridized carbons (Fsp3) is 0.368. The first-order valence-corrected chi connectivity index (χ1v) is 9.60. The van der Waals surface area contributed by atoms with Crippen LogP contribution in [0.15, 0.2) is 47.6 Å². The highest BCUT2D eigenvalue weighted by molar-refractivity contribution is 7.13. The van der Waals surface area contributed by atoms with Crippen molar-refractivity contribution in [3.8, 4) is 0 Å². The van der Waals surface area contributed by atoms with Gasteiger partial charge in [-0.25, -0.2) is 5.43 Å². The van der Waals surface area contributed by atoms with Gasteiger partial charge in [-0.05, 0) is 19.1 Å². The molecule has 0 unspecified atom stereocenters. The molecular formula is C19H26N4OS+2. The monoisotopic (exact) mass is 358 g/mol. The predicted molar refractivity (Wildman–Crippen MR) is 101 cm³/mol. The number of hydrazone groups is 1. The Balaban J connectivity index is 1.37. The van der Waals surface area contributed by atoms with E-state index in [9.17, 15) is 4.79 Å². The third-order valence-corrected chi connectivity index (χ3v) is 5.45. The minimum Gasteiger partial charge on any atom is -0.322 e. The van der Waals surface area contributed by atoms with E-state index in [0.29, 0.717) is 6.54 Å². The van der Waals surface area contributed by atoms with E-state index in [1.165, 1.54) is 15.3 Å². The molecule has 6 heteroatoms. The first-order chi connectivity index (χ1) is 12.2. The highest BCUT2D eigenvalue weighted by atomic mass is 32.1. The fourth-order valence-corrected chi connectivity index (χ4v) is 3.90. The quantitative estimate of drug-likeness (QED) is 0.473. The van der Waals surface area contributed by atoms with E-state index < -0.39 is 0 Å².